The third-order valence-electron chi connectivity index (χ3n) is 3.84. The van der Waals surface area contributed by atoms with Crippen LogP contribution in [0, 0.1) is 5.41 Å². The topological polar surface area (TPSA) is 183 Å². The summed E-state index contributed by atoms with van der Waals surface area (Å²) in [4.78, 5) is 20.2. The lowest BCUT2D eigenvalue weighted by Gasteiger charge is -2.11. The van der Waals surface area contributed by atoms with Gasteiger partial charge in [-0.15, -0.1) is 0 Å². The maximum Gasteiger partial charge on any atom is 0.280 e. The molecule has 10 nitrogen and oxygen atoms in total. The molecule has 0 radical (unpaired) electrons. The Hall–Kier alpha value is -2.83. The highest BCUT2D eigenvalue weighted by molar-refractivity contribution is 14.1. The number of aromatic nitrogens is 2. The van der Waals surface area contributed by atoms with E-state index in [0.717, 1.165) is 18.4 Å². The van der Waals surface area contributed by atoms with Crippen molar-refractivity contribution in [3.8, 4) is 11.5 Å². The van der Waals surface area contributed by atoms with Gasteiger partial charge in [0.05, 0.1) is 5.69 Å². The second-order valence-corrected chi connectivity index (χ2v) is 6.72. The standard InChI is InChI=1S/C17H22IN7O3/c18-8-10-14(19)24-15(20)13(23-10)16(28)25-17(21)22-6-2-1-3-9-4-5-11(26)12(27)7-9/h4-5,7,26-27H,1-3,6,8H2,(H4,19,20,24)(H3,21,22,25,28). The predicted molar refractivity (Wildman–Crippen MR) is 114 cm³/mol. The van der Waals surface area contributed by atoms with Gasteiger partial charge in [0.2, 0.25) is 0 Å². The highest BCUT2D eigenvalue weighted by atomic mass is 127. The van der Waals surface area contributed by atoms with Crippen LogP contribution in [0.25, 0.3) is 0 Å². The van der Waals surface area contributed by atoms with Crippen molar-refractivity contribution >= 4 is 46.1 Å². The lowest BCUT2D eigenvalue weighted by Crippen LogP contribution is -2.41. The zero-order valence-corrected chi connectivity index (χ0v) is 17.2. The Kier molecular flexibility index (Phi) is 7.61. The Labute approximate surface area is 175 Å². The van der Waals surface area contributed by atoms with Crippen LogP contribution in [0.15, 0.2) is 18.2 Å². The number of hydrogen-bond donors (Lipinski definition) is 7. The molecule has 0 aliphatic rings. The number of hydrogen-bond acceptors (Lipinski definition) is 8. The number of halogens is 1. The molecule has 0 atom stereocenters. The molecule has 0 saturated heterocycles. The summed E-state index contributed by atoms with van der Waals surface area (Å²) in [7, 11) is 0. The summed E-state index contributed by atoms with van der Waals surface area (Å²) in [5.74, 6) is -0.996. The molecule has 150 valence electrons. The van der Waals surface area contributed by atoms with Crippen molar-refractivity contribution < 1.29 is 15.0 Å². The van der Waals surface area contributed by atoms with Gasteiger partial charge in [-0.3, -0.25) is 15.5 Å². The van der Waals surface area contributed by atoms with E-state index in [4.69, 9.17) is 16.9 Å². The number of aromatic hydroxyl groups is 2. The normalized spacial score (nSPS) is 10.5. The van der Waals surface area contributed by atoms with E-state index in [1.165, 1.54) is 12.1 Å². The molecule has 9 N–H and O–H groups in total. The molecule has 1 amide bonds. The number of nitrogen functional groups attached to an aromatic ring is 2. The van der Waals surface area contributed by atoms with Gasteiger partial charge in [-0.25, -0.2) is 9.97 Å². The molecule has 0 unspecified atom stereocenters. The molecule has 0 spiro atoms. The van der Waals surface area contributed by atoms with Crippen LogP contribution in [0.5, 0.6) is 11.5 Å². The van der Waals surface area contributed by atoms with Crippen molar-refractivity contribution in [2.75, 3.05) is 18.0 Å². The zero-order chi connectivity index (χ0) is 20.7. The number of rotatable bonds is 7. The van der Waals surface area contributed by atoms with Crippen LogP contribution < -0.4 is 22.1 Å². The van der Waals surface area contributed by atoms with Crippen LogP contribution in [-0.4, -0.2) is 38.6 Å². The van der Waals surface area contributed by atoms with Gasteiger partial charge in [-0.2, -0.15) is 0 Å². The van der Waals surface area contributed by atoms with E-state index < -0.39 is 5.91 Å². The number of carbonyl (C=O) groups is 1. The zero-order valence-electron chi connectivity index (χ0n) is 15.0. The smallest absolute Gasteiger partial charge is 0.280 e. The van der Waals surface area contributed by atoms with E-state index in [-0.39, 0.29) is 34.8 Å². The molecule has 2 rings (SSSR count). The van der Waals surface area contributed by atoms with Gasteiger partial charge in [0.1, 0.15) is 5.82 Å². The summed E-state index contributed by atoms with van der Waals surface area (Å²) in [5, 5.41) is 31.7. The quantitative estimate of drug-likeness (QED) is 0.0742. The highest BCUT2D eigenvalue weighted by Gasteiger charge is 2.17. The first-order valence-corrected chi connectivity index (χ1v) is 9.96. The third-order valence-corrected chi connectivity index (χ3v) is 4.56. The van der Waals surface area contributed by atoms with Crippen LogP contribution in [0.1, 0.15) is 34.6 Å². The highest BCUT2D eigenvalue weighted by Crippen LogP contribution is 2.25. The molecular formula is C17H22IN7O3. The average Bonchev–Trinajstić information content (AvgIpc) is 2.64. The fourth-order valence-electron chi connectivity index (χ4n) is 2.37. The van der Waals surface area contributed by atoms with Crippen LogP contribution in [-0.2, 0) is 10.8 Å². The van der Waals surface area contributed by atoms with Crippen molar-refractivity contribution in [3.05, 3.63) is 35.2 Å². The van der Waals surface area contributed by atoms with Crippen molar-refractivity contribution in [1.82, 2.24) is 20.6 Å². The molecule has 2 aromatic rings. The molecule has 0 saturated carbocycles. The van der Waals surface area contributed by atoms with Crippen molar-refractivity contribution in [2.24, 2.45) is 0 Å². The number of nitrogens with two attached hydrogens (primary N) is 2. The number of alkyl halides is 1. The SMILES string of the molecule is N=C(NCCCCc1ccc(O)c(O)c1)NC(=O)c1nc(CI)c(N)nc1N. The molecule has 0 aliphatic carbocycles. The molecule has 1 aromatic heterocycles. The van der Waals surface area contributed by atoms with Gasteiger partial charge in [0.25, 0.3) is 5.91 Å². The second-order valence-electron chi connectivity index (χ2n) is 5.96. The summed E-state index contributed by atoms with van der Waals surface area (Å²) >= 11 is 2.05. The monoisotopic (exact) mass is 499 g/mol. The largest absolute Gasteiger partial charge is 0.504 e. The predicted octanol–water partition coefficient (Wildman–Crippen LogP) is 1.26. The maximum atomic E-state index is 12.2. The number of anilines is 2. The van der Waals surface area contributed by atoms with Crippen molar-refractivity contribution in [2.45, 2.75) is 23.7 Å². The fourth-order valence-corrected chi connectivity index (χ4v) is 2.93. The number of guanidine groups is 1. The molecule has 1 heterocycles. The van der Waals surface area contributed by atoms with Crippen molar-refractivity contribution in [1.29, 1.82) is 5.41 Å². The summed E-state index contributed by atoms with van der Waals surface area (Å²) in [6, 6.07) is 4.71. The van der Waals surface area contributed by atoms with E-state index in [0.29, 0.717) is 23.1 Å². The van der Waals surface area contributed by atoms with E-state index in [2.05, 4.69) is 43.2 Å². The fraction of sp³-hybridized carbons (Fsp3) is 0.294. The first-order chi connectivity index (χ1) is 13.3. The number of aryl methyl sites for hydroxylation is 1. The van der Waals surface area contributed by atoms with Gasteiger partial charge in [-0.05, 0) is 37.0 Å². The minimum atomic E-state index is -0.631. The molecule has 0 fully saturated rings. The maximum absolute atomic E-state index is 12.2. The lowest BCUT2D eigenvalue weighted by molar-refractivity contribution is 0.0971. The summed E-state index contributed by atoms with van der Waals surface area (Å²) < 4.78 is 0.478. The molecule has 0 bridgehead atoms. The van der Waals surface area contributed by atoms with E-state index in [1.807, 2.05) is 0 Å². The molecular weight excluding hydrogens is 477 g/mol. The van der Waals surface area contributed by atoms with Crippen LogP contribution >= 0.6 is 22.6 Å². The van der Waals surface area contributed by atoms with Crippen LogP contribution in [0.2, 0.25) is 0 Å². The summed E-state index contributed by atoms with van der Waals surface area (Å²) in [6.07, 6.45) is 2.25. The Morgan fingerprint density at radius 2 is 1.89 bits per heavy atom. The Morgan fingerprint density at radius 3 is 2.57 bits per heavy atom. The number of unbranched alkanes of at least 4 members (excludes halogenated alkanes) is 1. The van der Waals surface area contributed by atoms with Gasteiger partial charge >= 0.3 is 0 Å². The lowest BCUT2D eigenvalue weighted by atomic mass is 10.1. The van der Waals surface area contributed by atoms with E-state index in [1.54, 1.807) is 6.07 Å². The van der Waals surface area contributed by atoms with E-state index in [9.17, 15) is 15.0 Å². The van der Waals surface area contributed by atoms with E-state index >= 15 is 0 Å². The number of phenols is 2. The second kappa shape index (κ2) is 9.92. The number of benzene rings is 1. The first-order valence-electron chi connectivity index (χ1n) is 8.44. The molecule has 1 aromatic carbocycles. The third kappa shape index (κ3) is 5.84. The Morgan fingerprint density at radius 1 is 1.14 bits per heavy atom. The van der Waals surface area contributed by atoms with Gasteiger partial charge in [0.15, 0.2) is 29.0 Å². The Balaban J connectivity index is 1.76. The number of carbonyl (C=O) groups excluding carboxylic acids is 1. The average molecular weight is 499 g/mol. The Bertz CT molecular complexity index is 876. The van der Waals surface area contributed by atoms with Gasteiger partial charge in [-0.1, -0.05) is 28.7 Å². The molecule has 28 heavy (non-hydrogen) atoms. The minimum Gasteiger partial charge on any atom is -0.504 e. The molecule has 11 heteroatoms. The number of nitrogens with zero attached hydrogens (tertiary/aromatic N) is 2. The molecule has 0 aliphatic heterocycles. The van der Waals surface area contributed by atoms with Crippen LogP contribution in [0.4, 0.5) is 11.6 Å². The van der Waals surface area contributed by atoms with Gasteiger partial charge < -0.3 is 27.0 Å². The minimum absolute atomic E-state index is 0.0699. The summed E-state index contributed by atoms with van der Waals surface area (Å²) in [6.45, 7) is 0.477. The number of amides is 1. The summed E-state index contributed by atoms with van der Waals surface area (Å²) in [5.41, 5.74) is 12.7. The van der Waals surface area contributed by atoms with Gasteiger partial charge in [0, 0.05) is 11.0 Å². The number of phenolic OH excluding ortho intramolecular Hbond substituents is 2. The van der Waals surface area contributed by atoms with Crippen molar-refractivity contribution in [3.63, 3.8) is 0 Å². The van der Waals surface area contributed by atoms with Crippen LogP contribution in [0.3, 0.4) is 0 Å². The number of nitrogens with one attached hydrogen (secondary N) is 3. The first kappa shape index (κ1) is 21.5.